The molecular weight excluding hydrogens is 193 g/mol. The number of carboxylic acid groups (broad SMARTS) is 2. The minimum absolute atomic E-state index is 0. The largest absolute Gasteiger partial charge is 2.00 e. The maximum Gasteiger partial charge on any atom is 2.00 e. The van der Waals surface area contributed by atoms with E-state index in [1.165, 1.54) is 0 Å². The van der Waals surface area contributed by atoms with Crippen LogP contribution in [0.2, 0.25) is 0 Å². The Bertz CT molecular complexity index is 109. The standard InChI is InChI=1S/C2H2O5.Ca.2Mg.6H/c3-1(4)7-2(5)6;;;;;;;;;/h(H,3,4)(H,5,6);;;;;;;;;/q;3*+2;6*-1. The van der Waals surface area contributed by atoms with E-state index in [2.05, 4.69) is 4.74 Å². The predicted molar refractivity (Wildman–Crippen MR) is 41.1 cm³/mol. The molecule has 10 heavy (non-hydrogen) atoms. The topological polar surface area (TPSA) is 83.8 Å². The molecule has 0 heterocycles. The van der Waals surface area contributed by atoms with Crippen molar-refractivity contribution in [3.05, 3.63) is 0 Å². The normalized spacial score (nSPS) is 5.20. The molecular formula is C2H8CaMg2O5. The molecule has 0 spiro atoms. The third-order valence-electron chi connectivity index (χ3n) is 0.175. The summed E-state index contributed by atoms with van der Waals surface area (Å²) < 4.78 is 3.08. The van der Waals surface area contributed by atoms with Crippen LogP contribution >= 0.6 is 0 Å². The van der Waals surface area contributed by atoms with Crippen molar-refractivity contribution in [1.29, 1.82) is 0 Å². The summed E-state index contributed by atoms with van der Waals surface area (Å²) in [6, 6.07) is 0. The van der Waals surface area contributed by atoms with E-state index in [1.54, 1.807) is 0 Å². The van der Waals surface area contributed by atoms with E-state index in [0.717, 1.165) is 0 Å². The van der Waals surface area contributed by atoms with Gasteiger partial charge in [-0.2, -0.15) is 0 Å². The van der Waals surface area contributed by atoms with Gasteiger partial charge in [-0.1, -0.05) is 0 Å². The van der Waals surface area contributed by atoms with E-state index in [9.17, 15) is 9.59 Å². The minimum atomic E-state index is -1.81. The number of hydrogen-bond donors (Lipinski definition) is 2. The van der Waals surface area contributed by atoms with Crippen LogP contribution in [-0.4, -0.2) is 106 Å². The van der Waals surface area contributed by atoms with Crippen LogP contribution in [0.1, 0.15) is 8.56 Å². The summed E-state index contributed by atoms with van der Waals surface area (Å²) in [5.74, 6) is 0. The summed E-state index contributed by atoms with van der Waals surface area (Å²) in [5.41, 5.74) is 0. The van der Waals surface area contributed by atoms with Gasteiger partial charge in [0.25, 0.3) is 0 Å². The Kier molecular flexibility index (Phi) is 29.6. The van der Waals surface area contributed by atoms with Crippen molar-refractivity contribution in [3.8, 4) is 0 Å². The van der Waals surface area contributed by atoms with Crippen molar-refractivity contribution in [2.45, 2.75) is 0 Å². The zero-order valence-corrected chi connectivity index (χ0v) is 10.3. The molecule has 0 saturated heterocycles. The number of carbonyl (C=O) groups is 2. The van der Waals surface area contributed by atoms with Gasteiger partial charge in [0.1, 0.15) is 0 Å². The SMILES string of the molecule is O=C(O)OC(=O)O.[Ca+2].[H-].[H-].[H-].[H-].[H-].[H-].[Mg+2].[Mg+2]. The fraction of sp³-hybridized carbons (Fsp3) is 0. The van der Waals surface area contributed by atoms with Gasteiger partial charge < -0.3 is 23.5 Å². The molecule has 0 radical (unpaired) electrons. The van der Waals surface area contributed by atoms with E-state index >= 15 is 0 Å². The van der Waals surface area contributed by atoms with Gasteiger partial charge in [-0.05, 0) is 0 Å². The van der Waals surface area contributed by atoms with Gasteiger partial charge in [0, 0.05) is 0 Å². The summed E-state index contributed by atoms with van der Waals surface area (Å²) in [7, 11) is 0. The van der Waals surface area contributed by atoms with Gasteiger partial charge in [-0.25, -0.2) is 9.59 Å². The van der Waals surface area contributed by atoms with Crippen LogP contribution in [-0.2, 0) is 4.74 Å². The monoisotopic (exact) mass is 200 g/mol. The molecule has 2 N–H and O–H groups in total. The molecule has 0 fully saturated rings. The Morgan fingerprint density at radius 1 is 1.10 bits per heavy atom. The molecule has 0 aliphatic heterocycles. The molecule has 0 bridgehead atoms. The van der Waals surface area contributed by atoms with Gasteiger partial charge in [0.2, 0.25) is 0 Å². The molecule has 0 aromatic carbocycles. The molecule has 5 nitrogen and oxygen atoms in total. The molecule has 0 saturated carbocycles. The van der Waals surface area contributed by atoms with Gasteiger partial charge in [-0.15, -0.1) is 0 Å². The molecule has 52 valence electrons. The summed E-state index contributed by atoms with van der Waals surface area (Å²) in [6.07, 6.45) is -3.62. The van der Waals surface area contributed by atoms with Crippen molar-refractivity contribution < 1.29 is 33.1 Å². The molecule has 0 aromatic rings. The molecule has 8 heteroatoms. The first-order valence-electron chi connectivity index (χ1n) is 1.26. The third kappa shape index (κ3) is 22.7. The number of ether oxygens (including phenoxy) is 1. The zero-order valence-electron chi connectivity index (χ0n) is 11.2. The average molecular weight is 201 g/mol. The molecule has 0 amide bonds. The summed E-state index contributed by atoms with van der Waals surface area (Å²) in [5, 5.41) is 15.0. The van der Waals surface area contributed by atoms with Crippen molar-refractivity contribution in [2.75, 3.05) is 0 Å². The van der Waals surface area contributed by atoms with Gasteiger partial charge in [0.05, 0.1) is 0 Å². The molecule has 0 aliphatic rings. The van der Waals surface area contributed by atoms with E-state index in [-0.39, 0.29) is 92.4 Å². The van der Waals surface area contributed by atoms with Crippen LogP contribution in [0.4, 0.5) is 9.59 Å². The van der Waals surface area contributed by atoms with Crippen LogP contribution in [0.3, 0.4) is 0 Å². The van der Waals surface area contributed by atoms with E-state index in [0.29, 0.717) is 0 Å². The van der Waals surface area contributed by atoms with Crippen LogP contribution in [0.25, 0.3) is 0 Å². The smallest absolute Gasteiger partial charge is 1.00 e. The molecule has 0 aliphatic carbocycles. The van der Waals surface area contributed by atoms with E-state index in [4.69, 9.17) is 10.2 Å². The predicted octanol–water partition coefficient (Wildman–Crippen LogP) is -0.108. The quantitative estimate of drug-likeness (QED) is 0.324. The Hall–Kier alpha value is 1.53. The van der Waals surface area contributed by atoms with Crippen molar-refractivity contribution >= 4 is 96.2 Å². The fourth-order valence-corrected chi connectivity index (χ4v) is 0.0747. The zero-order chi connectivity index (χ0) is 5.86. The first kappa shape index (κ1) is 22.5. The average Bonchev–Trinajstić information content (AvgIpc) is 1.27. The second kappa shape index (κ2) is 13.1. The van der Waals surface area contributed by atoms with Crippen molar-refractivity contribution in [3.63, 3.8) is 0 Å². The molecule has 0 aromatic heterocycles. The minimum Gasteiger partial charge on any atom is -1.00 e. The number of hydrogen-bond acceptors (Lipinski definition) is 3. The maximum absolute atomic E-state index is 9.21. The Balaban J connectivity index is -0.00000000500. The van der Waals surface area contributed by atoms with Crippen LogP contribution in [0.15, 0.2) is 0 Å². The van der Waals surface area contributed by atoms with Crippen LogP contribution in [0, 0.1) is 0 Å². The summed E-state index contributed by atoms with van der Waals surface area (Å²) in [4.78, 5) is 18.4. The summed E-state index contributed by atoms with van der Waals surface area (Å²) >= 11 is 0. The maximum atomic E-state index is 9.21. The Morgan fingerprint density at radius 2 is 1.30 bits per heavy atom. The van der Waals surface area contributed by atoms with E-state index < -0.39 is 12.3 Å². The first-order chi connectivity index (χ1) is 3.13. The van der Waals surface area contributed by atoms with Gasteiger partial charge in [-0.3, -0.25) is 0 Å². The van der Waals surface area contributed by atoms with Gasteiger partial charge >= 0.3 is 96.2 Å². The molecule has 0 atom stereocenters. The van der Waals surface area contributed by atoms with Crippen LogP contribution < -0.4 is 0 Å². The van der Waals surface area contributed by atoms with Crippen LogP contribution in [0.5, 0.6) is 0 Å². The Labute approximate surface area is 128 Å². The van der Waals surface area contributed by atoms with Crippen molar-refractivity contribution in [1.82, 2.24) is 0 Å². The van der Waals surface area contributed by atoms with E-state index in [1.807, 2.05) is 0 Å². The Morgan fingerprint density at radius 3 is 1.30 bits per heavy atom. The third-order valence-corrected chi connectivity index (χ3v) is 0.175. The summed E-state index contributed by atoms with van der Waals surface area (Å²) in [6.45, 7) is 0. The van der Waals surface area contributed by atoms with Crippen molar-refractivity contribution in [2.24, 2.45) is 0 Å². The van der Waals surface area contributed by atoms with Gasteiger partial charge in [0.15, 0.2) is 0 Å². The second-order valence-electron chi connectivity index (χ2n) is 0.634. The second-order valence-corrected chi connectivity index (χ2v) is 0.634. The molecule has 0 unspecified atom stereocenters. The number of rotatable bonds is 0. The molecule has 0 rings (SSSR count). The fourth-order valence-electron chi connectivity index (χ4n) is 0.0747. The first-order valence-corrected chi connectivity index (χ1v) is 1.26.